The largest absolute Gasteiger partial charge is 0.490 e. The zero-order valence-corrected chi connectivity index (χ0v) is 17.4. The van der Waals surface area contributed by atoms with Gasteiger partial charge in [-0.1, -0.05) is 26.0 Å². The third-order valence-electron chi connectivity index (χ3n) is 6.77. The first kappa shape index (κ1) is 18.9. The fourth-order valence-electron chi connectivity index (χ4n) is 4.88. The Hall–Kier alpha value is -3.15. The van der Waals surface area contributed by atoms with Crippen LogP contribution in [-0.4, -0.2) is 39.1 Å². The van der Waals surface area contributed by atoms with Gasteiger partial charge in [0.25, 0.3) is 11.8 Å². The number of H-pyrrole nitrogens is 1. The second kappa shape index (κ2) is 6.69. The van der Waals surface area contributed by atoms with Crippen LogP contribution in [0.2, 0.25) is 0 Å². The minimum atomic E-state index is -0.207. The molecule has 2 aromatic carbocycles. The Balaban J connectivity index is 1.42. The predicted octanol–water partition coefficient (Wildman–Crippen LogP) is 4.49. The van der Waals surface area contributed by atoms with E-state index in [-0.39, 0.29) is 29.4 Å². The maximum Gasteiger partial charge on any atom is 0.261 e. The van der Waals surface area contributed by atoms with E-state index in [0.717, 1.165) is 35.1 Å². The Kier molecular flexibility index (Phi) is 4.20. The number of carbonyl (C=O) groups is 2. The number of imide groups is 1. The lowest BCUT2D eigenvalue weighted by Crippen LogP contribution is -2.53. The van der Waals surface area contributed by atoms with Crippen LogP contribution in [-0.2, 0) is 0 Å². The number of aromatic nitrogens is 2. The van der Waals surface area contributed by atoms with E-state index >= 15 is 0 Å². The van der Waals surface area contributed by atoms with E-state index in [1.54, 1.807) is 24.3 Å². The fourth-order valence-corrected chi connectivity index (χ4v) is 4.88. The molecule has 6 nitrogen and oxygen atoms in total. The first-order chi connectivity index (χ1) is 14.4. The average molecular weight is 403 g/mol. The van der Waals surface area contributed by atoms with Gasteiger partial charge in [0.15, 0.2) is 0 Å². The molecular formula is C24H25N3O3. The van der Waals surface area contributed by atoms with E-state index in [1.165, 1.54) is 4.90 Å². The highest BCUT2D eigenvalue weighted by molar-refractivity contribution is 6.21. The molecule has 30 heavy (non-hydrogen) atoms. The summed E-state index contributed by atoms with van der Waals surface area (Å²) in [5.74, 6) is 0.449. The van der Waals surface area contributed by atoms with Crippen LogP contribution >= 0.6 is 0 Å². The van der Waals surface area contributed by atoms with Crippen LogP contribution in [0.25, 0.3) is 10.9 Å². The monoisotopic (exact) mass is 403 g/mol. The number of hydrogen-bond donors (Lipinski definition) is 1. The van der Waals surface area contributed by atoms with Crippen LogP contribution in [0.5, 0.6) is 5.75 Å². The Morgan fingerprint density at radius 1 is 1.10 bits per heavy atom. The number of aryl methyl sites for hydroxylation is 1. The summed E-state index contributed by atoms with van der Waals surface area (Å²) < 4.78 is 6.40. The van der Waals surface area contributed by atoms with Crippen LogP contribution in [0.15, 0.2) is 42.6 Å². The lowest BCUT2D eigenvalue weighted by Gasteiger charge is -2.45. The molecule has 1 aromatic heterocycles. The van der Waals surface area contributed by atoms with E-state index in [4.69, 9.17) is 4.74 Å². The van der Waals surface area contributed by atoms with Gasteiger partial charge in [0.2, 0.25) is 0 Å². The molecule has 2 amide bonds. The molecule has 1 saturated carbocycles. The molecule has 6 heteroatoms. The van der Waals surface area contributed by atoms with Crippen LogP contribution in [0.1, 0.15) is 59.4 Å². The molecule has 2 aliphatic rings. The molecule has 0 spiro atoms. The normalized spacial score (nSPS) is 23.1. The van der Waals surface area contributed by atoms with Crippen molar-refractivity contribution >= 4 is 22.7 Å². The summed E-state index contributed by atoms with van der Waals surface area (Å²) in [6.07, 6.45) is 4.14. The lowest BCUT2D eigenvalue weighted by atomic mass is 9.71. The highest BCUT2D eigenvalue weighted by Gasteiger charge is 2.48. The molecule has 2 atom stereocenters. The summed E-state index contributed by atoms with van der Waals surface area (Å²) >= 11 is 0. The van der Waals surface area contributed by atoms with Gasteiger partial charge in [-0.15, -0.1) is 0 Å². The number of nitrogens with zero attached hydrogens (tertiary/aromatic N) is 2. The molecule has 0 unspecified atom stereocenters. The molecule has 2 heterocycles. The number of rotatable bonds is 3. The van der Waals surface area contributed by atoms with E-state index in [1.807, 2.05) is 25.3 Å². The van der Waals surface area contributed by atoms with E-state index < -0.39 is 0 Å². The fraction of sp³-hybridized carbons (Fsp3) is 0.375. The first-order valence-corrected chi connectivity index (χ1v) is 10.4. The number of fused-ring (bicyclic) bond motifs is 2. The quantitative estimate of drug-likeness (QED) is 0.654. The van der Waals surface area contributed by atoms with E-state index in [2.05, 4.69) is 24.0 Å². The van der Waals surface area contributed by atoms with E-state index in [9.17, 15) is 9.59 Å². The lowest BCUT2D eigenvalue weighted by molar-refractivity contribution is 0.00708. The van der Waals surface area contributed by atoms with E-state index in [0.29, 0.717) is 17.5 Å². The van der Waals surface area contributed by atoms with Crippen LogP contribution < -0.4 is 4.74 Å². The number of benzene rings is 2. The van der Waals surface area contributed by atoms with Gasteiger partial charge in [0, 0.05) is 23.4 Å². The Morgan fingerprint density at radius 3 is 2.50 bits per heavy atom. The van der Waals surface area contributed by atoms with Gasteiger partial charge < -0.3 is 4.74 Å². The molecule has 0 bridgehead atoms. The zero-order valence-electron chi connectivity index (χ0n) is 17.4. The zero-order chi connectivity index (χ0) is 21.0. The molecule has 0 saturated heterocycles. The Morgan fingerprint density at radius 2 is 1.80 bits per heavy atom. The second-order valence-corrected chi connectivity index (χ2v) is 9.06. The summed E-state index contributed by atoms with van der Waals surface area (Å²) in [5, 5.41) is 8.13. The number of hydrogen-bond acceptors (Lipinski definition) is 4. The third-order valence-corrected chi connectivity index (χ3v) is 6.77. The molecule has 3 aromatic rings. The molecule has 1 fully saturated rings. The summed E-state index contributed by atoms with van der Waals surface area (Å²) in [5.41, 5.74) is 2.86. The van der Waals surface area contributed by atoms with Crippen molar-refractivity contribution in [1.29, 1.82) is 0 Å². The van der Waals surface area contributed by atoms with Crippen molar-refractivity contribution in [2.45, 2.75) is 52.2 Å². The number of aromatic amines is 1. The van der Waals surface area contributed by atoms with Gasteiger partial charge in [-0.05, 0) is 49.4 Å². The highest BCUT2D eigenvalue weighted by atomic mass is 16.5. The number of amides is 2. The molecule has 1 N–H and O–H groups in total. The summed E-state index contributed by atoms with van der Waals surface area (Å²) in [6.45, 7) is 6.31. The smallest absolute Gasteiger partial charge is 0.261 e. The summed E-state index contributed by atoms with van der Waals surface area (Å²) in [7, 11) is 0. The predicted molar refractivity (Wildman–Crippen MR) is 114 cm³/mol. The highest BCUT2D eigenvalue weighted by Crippen LogP contribution is 2.43. The van der Waals surface area contributed by atoms with Crippen molar-refractivity contribution in [3.8, 4) is 5.75 Å². The van der Waals surface area contributed by atoms with Gasteiger partial charge in [0.05, 0.1) is 22.8 Å². The molecule has 1 aliphatic heterocycles. The van der Waals surface area contributed by atoms with Gasteiger partial charge in [0.1, 0.15) is 11.9 Å². The van der Waals surface area contributed by atoms with Crippen molar-refractivity contribution in [3.63, 3.8) is 0 Å². The number of nitrogens with one attached hydrogen (secondary N) is 1. The minimum Gasteiger partial charge on any atom is -0.490 e. The number of carbonyl (C=O) groups excluding carboxylic acids is 2. The van der Waals surface area contributed by atoms with Crippen molar-refractivity contribution in [1.82, 2.24) is 15.1 Å². The third kappa shape index (κ3) is 2.82. The van der Waals surface area contributed by atoms with Crippen molar-refractivity contribution in [2.24, 2.45) is 5.41 Å². The Bertz CT molecular complexity index is 1130. The van der Waals surface area contributed by atoms with Crippen molar-refractivity contribution in [2.75, 3.05) is 0 Å². The van der Waals surface area contributed by atoms with Crippen LogP contribution in [0.3, 0.4) is 0 Å². The maximum atomic E-state index is 13.1. The van der Waals surface area contributed by atoms with Crippen molar-refractivity contribution < 1.29 is 14.3 Å². The van der Waals surface area contributed by atoms with Gasteiger partial charge >= 0.3 is 0 Å². The van der Waals surface area contributed by atoms with Gasteiger partial charge in [-0.25, -0.2) is 0 Å². The minimum absolute atomic E-state index is 0.0598. The molecule has 154 valence electrons. The second-order valence-electron chi connectivity index (χ2n) is 9.06. The summed E-state index contributed by atoms with van der Waals surface area (Å²) in [4.78, 5) is 27.6. The standard InChI is InChI=1S/C24H25N3O3/c1-14-18-13-25-26-19(18)8-9-20(14)30-15-10-11-24(2,3)21(12-15)27-22(28)16-6-4-5-7-17(16)23(27)29/h4-9,13,15,21H,10-12H2,1-3H3,(H,25,26)/t15-,21+/m1/s1. The maximum absolute atomic E-state index is 13.1. The first-order valence-electron chi connectivity index (χ1n) is 10.4. The number of ether oxygens (including phenoxy) is 1. The molecule has 1 aliphatic carbocycles. The van der Waals surface area contributed by atoms with Crippen molar-refractivity contribution in [3.05, 3.63) is 59.3 Å². The Labute approximate surface area is 175 Å². The van der Waals surface area contributed by atoms with Crippen LogP contribution in [0.4, 0.5) is 0 Å². The van der Waals surface area contributed by atoms with Crippen LogP contribution in [0, 0.1) is 12.3 Å². The topological polar surface area (TPSA) is 75.3 Å². The van der Waals surface area contributed by atoms with Gasteiger partial charge in [-0.2, -0.15) is 5.10 Å². The summed E-state index contributed by atoms with van der Waals surface area (Å²) in [6, 6.07) is 10.8. The molecular weight excluding hydrogens is 378 g/mol. The molecule has 5 rings (SSSR count). The van der Waals surface area contributed by atoms with Gasteiger partial charge in [-0.3, -0.25) is 19.6 Å². The molecule has 0 radical (unpaired) electrons. The SMILES string of the molecule is Cc1c(O[C@@H]2CCC(C)(C)[C@@H](N3C(=O)c4ccccc4C3=O)C2)ccc2[nH]ncc12. The average Bonchev–Trinajstić information content (AvgIpc) is 3.30.